The molecule has 0 aromatic carbocycles. The van der Waals surface area contributed by atoms with E-state index in [0.29, 0.717) is 0 Å². The average Bonchev–Trinajstić information content (AvgIpc) is 3.16. The number of primary amides is 2. The number of hydrogen-bond donors (Lipinski definition) is 17. The van der Waals surface area contributed by atoms with Crippen LogP contribution in [0.1, 0.15) is 40.0 Å². The van der Waals surface area contributed by atoms with Gasteiger partial charge in [0.25, 0.3) is 0 Å². The molecule has 0 aliphatic rings. The lowest BCUT2D eigenvalue weighted by molar-refractivity contribution is -0.144. The summed E-state index contributed by atoms with van der Waals surface area (Å²) in [5.74, 6) is -12.5. The zero-order valence-corrected chi connectivity index (χ0v) is 33.9. The van der Waals surface area contributed by atoms with Gasteiger partial charge in [-0.3, -0.25) is 47.9 Å². The van der Waals surface area contributed by atoms with Crippen LogP contribution in [0.2, 0.25) is 0 Å². The molecule has 26 nitrogen and oxygen atoms in total. The van der Waals surface area contributed by atoms with Gasteiger partial charge in [0.2, 0.25) is 59.1 Å². The summed E-state index contributed by atoms with van der Waals surface area (Å²) >= 11 is 7.88. The highest BCUT2D eigenvalue weighted by atomic mass is 32.1. The predicted molar refractivity (Wildman–Crippen MR) is 208 cm³/mol. The lowest BCUT2D eigenvalue weighted by Gasteiger charge is -2.26. The third-order valence-corrected chi connectivity index (χ3v) is 8.64. The highest BCUT2D eigenvalue weighted by molar-refractivity contribution is 7.80. The Labute approximate surface area is 347 Å². The summed E-state index contributed by atoms with van der Waals surface area (Å²) in [4.78, 5) is 136. The number of nitrogens with two attached hydrogens (primary N) is 3. The SMILES string of the molecule is CC(NC(=O)C(CO)NC(=O)C(C)NC(=O)C(CO)NC(=O)C(NC(=O)C(N)CS)C(C)O)C(=O)NC(CS)C(=O)NC(CCC(N)=O)C(=O)NC(CC(N)=O)C(=O)O. The molecule has 0 fully saturated rings. The molecule has 10 atom stereocenters. The largest absolute Gasteiger partial charge is 0.480 e. The van der Waals surface area contributed by atoms with Crippen molar-refractivity contribution >= 4 is 90.3 Å². The molecule has 0 aliphatic carbocycles. The first-order valence-electron chi connectivity index (χ1n) is 17.5. The van der Waals surface area contributed by atoms with E-state index in [1.807, 2.05) is 5.32 Å². The second-order valence-corrected chi connectivity index (χ2v) is 13.6. The van der Waals surface area contributed by atoms with Crippen molar-refractivity contribution in [1.29, 1.82) is 0 Å². The Morgan fingerprint density at radius 1 is 0.525 bits per heavy atom. The van der Waals surface area contributed by atoms with Crippen LogP contribution in [0.15, 0.2) is 0 Å². The molecule has 18 N–H and O–H groups in total. The molecule has 28 heteroatoms. The number of aliphatic hydroxyl groups is 3. The maximum absolute atomic E-state index is 13.0. The summed E-state index contributed by atoms with van der Waals surface area (Å²) in [6.45, 7) is 1.42. The van der Waals surface area contributed by atoms with Gasteiger partial charge < -0.3 is 80.2 Å². The number of rotatable bonds is 27. The van der Waals surface area contributed by atoms with Gasteiger partial charge in [-0.25, -0.2) is 4.79 Å². The zero-order valence-electron chi connectivity index (χ0n) is 32.1. The van der Waals surface area contributed by atoms with Crippen molar-refractivity contribution in [2.45, 2.75) is 101 Å². The molecule has 0 spiro atoms. The van der Waals surface area contributed by atoms with E-state index in [1.165, 1.54) is 0 Å². The van der Waals surface area contributed by atoms with Crippen molar-refractivity contribution in [1.82, 2.24) is 42.5 Å². The predicted octanol–water partition coefficient (Wildman–Crippen LogP) is -9.32. The summed E-state index contributed by atoms with van der Waals surface area (Å²) in [7, 11) is 0. The summed E-state index contributed by atoms with van der Waals surface area (Å²) < 4.78 is 0. The molecule has 0 rings (SSSR count). The summed E-state index contributed by atoms with van der Waals surface area (Å²) in [6.07, 6.45) is -3.16. The van der Waals surface area contributed by atoms with Gasteiger partial charge in [0.1, 0.15) is 48.3 Å². The Hall–Kier alpha value is -5.29. The molecule has 0 radical (unpaired) electrons. The van der Waals surface area contributed by atoms with Crippen LogP contribution in [0.3, 0.4) is 0 Å². The van der Waals surface area contributed by atoms with Crippen LogP contribution in [0.5, 0.6) is 0 Å². The Balaban J connectivity index is 5.54. The third kappa shape index (κ3) is 19.3. The number of thiol groups is 2. The van der Waals surface area contributed by atoms with E-state index in [9.17, 15) is 73.2 Å². The van der Waals surface area contributed by atoms with Gasteiger partial charge in [0.05, 0.1) is 31.8 Å². The van der Waals surface area contributed by atoms with Gasteiger partial charge in [-0.05, 0) is 27.2 Å². The highest BCUT2D eigenvalue weighted by Crippen LogP contribution is 2.04. The Kier molecular flexibility index (Phi) is 24.3. The fourth-order valence-electron chi connectivity index (χ4n) is 4.45. The van der Waals surface area contributed by atoms with Crippen LogP contribution in [0, 0.1) is 0 Å². The number of nitrogens with one attached hydrogen (secondary N) is 8. The van der Waals surface area contributed by atoms with Gasteiger partial charge in [-0.2, -0.15) is 25.3 Å². The lowest BCUT2D eigenvalue weighted by atomic mass is 10.1. The van der Waals surface area contributed by atoms with Crippen LogP contribution in [0.4, 0.5) is 0 Å². The van der Waals surface area contributed by atoms with Crippen molar-refractivity contribution < 1.29 is 73.2 Å². The molecular formula is C31H53N11O15S2. The molecule has 0 saturated carbocycles. The quantitative estimate of drug-likeness (QED) is 0.0341. The minimum Gasteiger partial charge on any atom is -0.480 e. The Bertz CT molecular complexity index is 1560. The van der Waals surface area contributed by atoms with Crippen molar-refractivity contribution in [2.75, 3.05) is 24.7 Å². The first-order chi connectivity index (χ1) is 27.4. The van der Waals surface area contributed by atoms with Crippen LogP contribution in [-0.4, -0.2) is 171 Å². The first-order valence-corrected chi connectivity index (χ1v) is 18.8. The minimum atomic E-state index is -1.78. The third-order valence-electron chi connectivity index (χ3n) is 7.88. The van der Waals surface area contributed by atoms with Gasteiger partial charge >= 0.3 is 5.97 Å². The minimum absolute atomic E-state index is 0.0940. The van der Waals surface area contributed by atoms with E-state index in [4.69, 9.17) is 17.2 Å². The van der Waals surface area contributed by atoms with Crippen LogP contribution in [-0.2, 0) is 52.7 Å². The monoisotopic (exact) mass is 883 g/mol. The molecular weight excluding hydrogens is 831 g/mol. The topological polar surface area (TPSA) is 443 Å². The molecule has 59 heavy (non-hydrogen) atoms. The molecule has 10 unspecified atom stereocenters. The van der Waals surface area contributed by atoms with E-state index >= 15 is 0 Å². The zero-order chi connectivity index (χ0) is 45.7. The molecule has 0 aromatic rings. The number of carbonyl (C=O) groups is 11. The summed E-state index contributed by atoms with van der Waals surface area (Å²) in [5, 5.41) is 56.1. The van der Waals surface area contributed by atoms with Crippen LogP contribution in [0.25, 0.3) is 0 Å². The molecule has 10 amide bonds. The molecule has 0 aliphatic heterocycles. The van der Waals surface area contributed by atoms with Gasteiger partial charge in [-0.15, -0.1) is 0 Å². The van der Waals surface area contributed by atoms with Crippen molar-refractivity contribution in [3.8, 4) is 0 Å². The van der Waals surface area contributed by atoms with Gasteiger partial charge in [0, 0.05) is 17.9 Å². The molecule has 0 bridgehead atoms. The lowest BCUT2D eigenvalue weighted by Crippen LogP contribution is -2.61. The smallest absolute Gasteiger partial charge is 0.326 e. The van der Waals surface area contributed by atoms with Crippen molar-refractivity contribution in [2.24, 2.45) is 17.2 Å². The number of carbonyl (C=O) groups excluding carboxylic acids is 10. The average molecular weight is 884 g/mol. The standard InChI is InChI=1S/C31H53N11O15S2/c1-11(35-28(53)18(8-44)40-30(55)22(13(3)45)42-25(50)14(32)9-58)23(48)39-17(7-43)27(52)36-12(2)24(49)41-19(10-59)29(54)37-15(4-5-20(33)46)26(51)38-16(31(56)57)6-21(34)47/h11-19,22,43-45,58-59H,4-10,32H2,1-3H3,(H2,33,46)(H2,34,47)(H,35,53)(H,36,52)(H,37,54)(H,38,51)(H,39,48)(H,40,55)(H,41,49)(H,42,50)(H,56,57). The Morgan fingerprint density at radius 2 is 0.932 bits per heavy atom. The highest BCUT2D eigenvalue weighted by Gasteiger charge is 2.34. The number of carboxylic acids is 1. The van der Waals surface area contributed by atoms with Gasteiger partial charge in [-0.1, -0.05) is 0 Å². The Morgan fingerprint density at radius 3 is 1.32 bits per heavy atom. The number of amides is 10. The fourth-order valence-corrected chi connectivity index (χ4v) is 4.87. The molecule has 334 valence electrons. The van der Waals surface area contributed by atoms with Gasteiger partial charge in [0.15, 0.2) is 0 Å². The molecule has 0 saturated heterocycles. The van der Waals surface area contributed by atoms with Crippen LogP contribution < -0.4 is 59.7 Å². The second kappa shape index (κ2) is 26.7. The summed E-state index contributed by atoms with van der Waals surface area (Å²) in [5.41, 5.74) is 15.7. The number of aliphatic carboxylic acids is 1. The van der Waals surface area contributed by atoms with E-state index < -0.39 is 164 Å². The number of aliphatic hydroxyl groups excluding tert-OH is 3. The normalized spacial score (nSPS) is 15.9. The molecule has 0 aromatic heterocycles. The summed E-state index contributed by atoms with van der Waals surface area (Å²) in [6, 6.07) is -14.0. The van der Waals surface area contributed by atoms with E-state index in [2.05, 4.69) is 62.5 Å². The number of carboxylic acid groups (broad SMARTS) is 1. The number of hydrogen-bond acceptors (Lipinski definition) is 17. The van der Waals surface area contributed by atoms with Crippen molar-refractivity contribution in [3.63, 3.8) is 0 Å². The van der Waals surface area contributed by atoms with E-state index in [-0.39, 0.29) is 5.75 Å². The first kappa shape index (κ1) is 53.7. The fraction of sp³-hybridized carbons (Fsp3) is 0.645. The maximum Gasteiger partial charge on any atom is 0.326 e. The second-order valence-electron chi connectivity index (χ2n) is 12.8. The van der Waals surface area contributed by atoms with E-state index in [1.54, 1.807) is 0 Å². The van der Waals surface area contributed by atoms with E-state index in [0.717, 1.165) is 20.8 Å². The van der Waals surface area contributed by atoms with Crippen LogP contribution >= 0.6 is 25.3 Å². The molecule has 0 heterocycles. The maximum atomic E-state index is 13.0. The van der Waals surface area contributed by atoms with Crippen molar-refractivity contribution in [3.05, 3.63) is 0 Å².